The van der Waals surface area contributed by atoms with Crippen molar-refractivity contribution in [3.63, 3.8) is 0 Å². The Bertz CT molecular complexity index is 1010. The molecule has 3 aromatic rings. The van der Waals surface area contributed by atoms with E-state index in [-0.39, 0.29) is 5.91 Å². The van der Waals surface area contributed by atoms with Crippen molar-refractivity contribution in [3.8, 4) is 6.07 Å². The number of fused-ring (bicyclic) bond motifs is 1. The average Bonchev–Trinajstić information content (AvgIpc) is 3.44. The van der Waals surface area contributed by atoms with Crippen molar-refractivity contribution in [2.75, 3.05) is 0 Å². The summed E-state index contributed by atoms with van der Waals surface area (Å²) in [5, 5.41) is 11.8. The van der Waals surface area contributed by atoms with Gasteiger partial charge < -0.3 is 9.88 Å². The van der Waals surface area contributed by atoms with Crippen molar-refractivity contribution in [2.24, 2.45) is 7.05 Å². The number of aryl methyl sites for hydroxylation is 1. The molecule has 4 rings (SSSR count). The van der Waals surface area contributed by atoms with Gasteiger partial charge in [-0.1, -0.05) is 12.1 Å². The van der Waals surface area contributed by atoms with Gasteiger partial charge in [-0.25, -0.2) is 4.98 Å². The minimum absolute atomic E-state index is 0.183. The van der Waals surface area contributed by atoms with Crippen LogP contribution in [0.3, 0.4) is 0 Å². The van der Waals surface area contributed by atoms with E-state index in [1.165, 1.54) is 12.8 Å². The molecule has 1 fully saturated rings. The van der Waals surface area contributed by atoms with Gasteiger partial charge in [0.25, 0.3) is 5.91 Å². The standard InChI is InChI=1S/C20H18N4O/c1-24-18-8-5-14(10-17(18)23-19(24)15-6-7-15)12-22-20(25)16-4-2-3-13(9-16)11-21/h2-5,8-10,15H,6-7,12H2,1H3,(H,22,25). The Balaban J connectivity index is 1.50. The van der Waals surface area contributed by atoms with Crippen LogP contribution in [0.2, 0.25) is 0 Å². The van der Waals surface area contributed by atoms with Crippen molar-refractivity contribution in [1.82, 2.24) is 14.9 Å². The molecule has 0 atom stereocenters. The lowest BCUT2D eigenvalue weighted by Gasteiger charge is -2.06. The Morgan fingerprint density at radius 2 is 2.16 bits per heavy atom. The highest BCUT2D eigenvalue weighted by molar-refractivity contribution is 5.94. The zero-order valence-electron chi connectivity index (χ0n) is 14.0. The van der Waals surface area contributed by atoms with E-state index in [9.17, 15) is 4.79 Å². The summed E-state index contributed by atoms with van der Waals surface area (Å²) >= 11 is 0. The van der Waals surface area contributed by atoms with E-state index in [0.717, 1.165) is 22.4 Å². The van der Waals surface area contributed by atoms with E-state index in [1.807, 2.05) is 18.2 Å². The predicted molar refractivity (Wildman–Crippen MR) is 95.0 cm³/mol. The first-order valence-corrected chi connectivity index (χ1v) is 8.39. The van der Waals surface area contributed by atoms with Gasteiger partial charge in [0.15, 0.2) is 0 Å². The Hall–Kier alpha value is -3.13. The molecule has 1 amide bonds. The molecule has 1 aliphatic rings. The van der Waals surface area contributed by atoms with Crippen LogP contribution in [0, 0.1) is 11.3 Å². The summed E-state index contributed by atoms with van der Waals surface area (Å²) < 4.78 is 2.17. The minimum Gasteiger partial charge on any atom is -0.348 e. The lowest BCUT2D eigenvalue weighted by molar-refractivity contribution is 0.0951. The van der Waals surface area contributed by atoms with Gasteiger partial charge in [0.05, 0.1) is 22.7 Å². The molecule has 0 bridgehead atoms. The summed E-state index contributed by atoms with van der Waals surface area (Å²) in [6.07, 6.45) is 2.45. The quantitative estimate of drug-likeness (QED) is 0.798. The number of imidazole rings is 1. The smallest absolute Gasteiger partial charge is 0.251 e. The number of amides is 1. The minimum atomic E-state index is -0.183. The maximum atomic E-state index is 12.3. The van der Waals surface area contributed by atoms with Crippen LogP contribution in [-0.4, -0.2) is 15.5 Å². The van der Waals surface area contributed by atoms with E-state index in [1.54, 1.807) is 24.3 Å². The second-order valence-electron chi connectivity index (χ2n) is 6.50. The van der Waals surface area contributed by atoms with Crippen LogP contribution in [0.5, 0.6) is 0 Å². The first kappa shape index (κ1) is 15.4. The number of nitrogens with one attached hydrogen (secondary N) is 1. The molecule has 124 valence electrons. The van der Waals surface area contributed by atoms with Crippen LogP contribution in [-0.2, 0) is 13.6 Å². The third kappa shape index (κ3) is 2.99. The van der Waals surface area contributed by atoms with Gasteiger partial charge in [-0.15, -0.1) is 0 Å². The predicted octanol–water partition coefficient (Wildman–Crippen LogP) is 3.25. The molecule has 1 aromatic heterocycles. The van der Waals surface area contributed by atoms with Crippen LogP contribution >= 0.6 is 0 Å². The molecule has 1 N–H and O–H groups in total. The summed E-state index contributed by atoms with van der Waals surface area (Å²) in [6, 6.07) is 14.9. The second kappa shape index (κ2) is 6.06. The Labute approximate surface area is 145 Å². The maximum absolute atomic E-state index is 12.3. The highest BCUT2D eigenvalue weighted by Crippen LogP contribution is 2.40. The van der Waals surface area contributed by atoms with Crippen molar-refractivity contribution in [2.45, 2.75) is 25.3 Å². The molecule has 0 unspecified atom stereocenters. The fraction of sp³-hybridized carbons (Fsp3) is 0.250. The van der Waals surface area contributed by atoms with E-state index in [0.29, 0.717) is 23.6 Å². The molecule has 2 aromatic carbocycles. The van der Waals surface area contributed by atoms with Gasteiger partial charge in [-0.2, -0.15) is 5.26 Å². The number of nitrogens with zero attached hydrogens (tertiary/aromatic N) is 3. The molecule has 0 saturated heterocycles. The third-order valence-corrected chi connectivity index (χ3v) is 4.63. The molecule has 0 radical (unpaired) electrons. The van der Waals surface area contributed by atoms with Crippen LogP contribution in [0.25, 0.3) is 11.0 Å². The summed E-state index contributed by atoms with van der Waals surface area (Å²) in [6.45, 7) is 0.431. The zero-order chi connectivity index (χ0) is 17.4. The summed E-state index contributed by atoms with van der Waals surface area (Å²) in [5.74, 6) is 1.58. The highest BCUT2D eigenvalue weighted by atomic mass is 16.1. The van der Waals surface area contributed by atoms with E-state index >= 15 is 0 Å². The average molecular weight is 330 g/mol. The first-order valence-electron chi connectivity index (χ1n) is 8.39. The Morgan fingerprint density at radius 1 is 1.32 bits per heavy atom. The molecular formula is C20H18N4O. The van der Waals surface area contributed by atoms with Gasteiger partial charge in [-0.05, 0) is 48.7 Å². The first-order chi connectivity index (χ1) is 12.2. The zero-order valence-corrected chi connectivity index (χ0v) is 14.0. The summed E-state index contributed by atoms with van der Waals surface area (Å²) in [4.78, 5) is 17.0. The molecule has 1 saturated carbocycles. The fourth-order valence-corrected chi connectivity index (χ4v) is 3.10. The molecule has 0 aliphatic heterocycles. The van der Waals surface area contributed by atoms with Gasteiger partial charge in [0.1, 0.15) is 5.82 Å². The van der Waals surface area contributed by atoms with Crippen molar-refractivity contribution >= 4 is 16.9 Å². The molecule has 25 heavy (non-hydrogen) atoms. The van der Waals surface area contributed by atoms with E-state index < -0.39 is 0 Å². The number of rotatable bonds is 4. The number of nitriles is 1. The second-order valence-corrected chi connectivity index (χ2v) is 6.50. The number of hydrogen-bond acceptors (Lipinski definition) is 3. The SMILES string of the molecule is Cn1c(C2CC2)nc2cc(CNC(=O)c3cccc(C#N)c3)ccc21. The molecule has 5 nitrogen and oxygen atoms in total. The largest absolute Gasteiger partial charge is 0.348 e. The fourth-order valence-electron chi connectivity index (χ4n) is 3.10. The highest BCUT2D eigenvalue weighted by Gasteiger charge is 2.28. The third-order valence-electron chi connectivity index (χ3n) is 4.63. The summed E-state index contributed by atoms with van der Waals surface area (Å²) in [5.41, 5.74) is 4.09. The van der Waals surface area contributed by atoms with Gasteiger partial charge in [-0.3, -0.25) is 4.79 Å². The number of carbonyl (C=O) groups is 1. The topological polar surface area (TPSA) is 70.7 Å². The molecule has 1 heterocycles. The lowest BCUT2D eigenvalue weighted by atomic mass is 10.1. The van der Waals surface area contributed by atoms with Gasteiger partial charge in [0.2, 0.25) is 0 Å². The molecule has 1 aliphatic carbocycles. The van der Waals surface area contributed by atoms with Gasteiger partial charge >= 0.3 is 0 Å². The maximum Gasteiger partial charge on any atom is 0.251 e. The number of aromatic nitrogens is 2. The van der Waals surface area contributed by atoms with Crippen LogP contribution in [0.15, 0.2) is 42.5 Å². The number of benzene rings is 2. The van der Waals surface area contributed by atoms with Crippen LogP contribution < -0.4 is 5.32 Å². The number of carbonyl (C=O) groups excluding carboxylic acids is 1. The molecule has 5 heteroatoms. The molecular weight excluding hydrogens is 312 g/mol. The lowest BCUT2D eigenvalue weighted by Crippen LogP contribution is -2.22. The van der Waals surface area contributed by atoms with Crippen molar-refractivity contribution < 1.29 is 4.79 Å². The van der Waals surface area contributed by atoms with Crippen LogP contribution in [0.1, 0.15) is 46.1 Å². The number of hydrogen-bond donors (Lipinski definition) is 1. The summed E-state index contributed by atoms with van der Waals surface area (Å²) in [7, 11) is 2.06. The van der Waals surface area contributed by atoms with Gasteiger partial charge in [0, 0.05) is 25.1 Å². The molecule has 0 spiro atoms. The Kier molecular flexibility index (Phi) is 3.73. The van der Waals surface area contributed by atoms with Crippen molar-refractivity contribution in [1.29, 1.82) is 5.26 Å². The van der Waals surface area contributed by atoms with Crippen LogP contribution in [0.4, 0.5) is 0 Å². The van der Waals surface area contributed by atoms with Crippen molar-refractivity contribution in [3.05, 3.63) is 65.0 Å². The monoisotopic (exact) mass is 330 g/mol. The van der Waals surface area contributed by atoms with E-state index in [4.69, 9.17) is 10.2 Å². The normalized spacial score (nSPS) is 13.6. The Morgan fingerprint density at radius 3 is 2.92 bits per heavy atom. The van der Waals surface area contributed by atoms with E-state index in [2.05, 4.69) is 23.0 Å².